The zero-order chi connectivity index (χ0) is 19.3. The third-order valence-electron chi connectivity index (χ3n) is 3.59. The number of likely N-dealkylation sites (tertiary alicyclic amines) is 1. The molecular weight excluding hydrogens is 304 g/mol. The number of rotatable bonds is 6. The Morgan fingerprint density at radius 3 is 2.12 bits per heavy atom. The summed E-state index contributed by atoms with van der Waals surface area (Å²) in [5, 5.41) is 2.83. The van der Waals surface area contributed by atoms with Crippen molar-refractivity contribution in [2.75, 3.05) is 13.1 Å². The van der Waals surface area contributed by atoms with Gasteiger partial charge < -0.3 is 5.32 Å². The summed E-state index contributed by atoms with van der Waals surface area (Å²) in [5.41, 5.74) is 0.183. The van der Waals surface area contributed by atoms with Crippen LogP contribution in [0.4, 0.5) is 0 Å². The van der Waals surface area contributed by atoms with Crippen LogP contribution >= 0.6 is 0 Å². The number of hydrogen-bond acceptors (Lipinski definition) is 3. The molecular formula is C19H38N2O3. The molecule has 24 heavy (non-hydrogen) atoms. The van der Waals surface area contributed by atoms with Gasteiger partial charge in [0.1, 0.15) is 0 Å². The Kier molecular flexibility index (Phi) is 13.4. The minimum absolute atomic E-state index is 0.102. The fraction of sp³-hybridized carbons (Fsp3) is 0.842. The lowest BCUT2D eigenvalue weighted by Crippen LogP contribution is -2.35. The van der Waals surface area contributed by atoms with Crippen molar-refractivity contribution in [2.24, 2.45) is 11.3 Å². The van der Waals surface area contributed by atoms with E-state index >= 15 is 0 Å². The highest BCUT2D eigenvalue weighted by Gasteiger charge is 2.36. The molecule has 142 valence electrons. The van der Waals surface area contributed by atoms with Crippen LogP contribution in [0, 0.1) is 11.3 Å². The molecule has 1 heterocycles. The van der Waals surface area contributed by atoms with Gasteiger partial charge in [0.15, 0.2) is 0 Å². The lowest BCUT2D eigenvalue weighted by Gasteiger charge is -2.18. The molecule has 0 bridgehead atoms. The first kappa shape index (κ1) is 24.9. The van der Waals surface area contributed by atoms with E-state index in [0.717, 1.165) is 6.42 Å². The molecule has 0 aromatic rings. The first-order chi connectivity index (χ1) is 11.2. The zero-order valence-electron chi connectivity index (χ0n) is 17.0. The molecule has 1 unspecified atom stereocenters. The Morgan fingerprint density at radius 2 is 1.71 bits per heavy atom. The molecule has 0 radical (unpaired) electrons. The van der Waals surface area contributed by atoms with Crippen LogP contribution in [0.1, 0.15) is 81.1 Å². The van der Waals surface area contributed by atoms with Crippen LogP contribution in [0.25, 0.3) is 0 Å². The van der Waals surface area contributed by atoms with Crippen molar-refractivity contribution in [3.63, 3.8) is 0 Å². The van der Waals surface area contributed by atoms with Crippen LogP contribution in [-0.2, 0) is 14.4 Å². The molecule has 5 nitrogen and oxygen atoms in total. The van der Waals surface area contributed by atoms with Gasteiger partial charge in [-0.3, -0.25) is 19.3 Å². The molecule has 1 rings (SSSR count). The van der Waals surface area contributed by atoms with Crippen LogP contribution in [0.15, 0.2) is 0 Å². The van der Waals surface area contributed by atoms with Crippen molar-refractivity contribution >= 4 is 17.7 Å². The van der Waals surface area contributed by atoms with Gasteiger partial charge in [0.05, 0.1) is 0 Å². The van der Waals surface area contributed by atoms with Gasteiger partial charge in [0.2, 0.25) is 17.7 Å². The second kappa shape index (κ2) is 13.0. The van der Waals surface area contributed by atoms with E-state index in [1.165, 1.54) is 4.90 Å². The van der Waals surface area contributed by atoms with Gasteiger partial charge in [0.25, 0.3) is 0 Å². The standard InChI is InChI=1S/C15H26N2O3.2C2H6/c1-5-11-10-13(19)17(14(11)20)9-6-12(18)16-8-7-15(2,3)4;2*1-2/h11H,5-10H2,1-4H3,(H,16,18);2*1-2H3. The first-order valence-electron chi connectivity index (χ1n) is 9.35. The quantitative estimate of drug-likeness (QED) is 0.747. The first-order valence-corrected chi connectivity index (χ1v) is 9.35. The van der Waals surface area contributed by atoms with Crippen LogP contribution in [-0.4, -0.2) is 35.7 Å². The molecule has 0 aromatic carbocycles. The van der Waals surface area contributed by atoms with E-state index in [1.54, 1.807) is 0 Å². The highest BCUT2D eigenvalue weighted by atomic mass is 16.2. The minimum atomic E-state index is -0.188. The third-order valence-corrected chi connectivity index (χ3v) is 3.59. The second-order valence-corrected chi connectivity index (χ2v) is 6.60. The number of carbonyl (C=O) groups excluding carboxylic acids is 3. The molecule has 3 amide bonds. The Balaban J connectivity index is 0. The summed E-state index contributed by atoms with van der Waals surface area (Å²) in [5.74, 6) is -0.564. The number of nitrogens with zero attached hydrogens (tertiary/aromatic N) is 1. The third kappa shape index (κ3) is 9.68. The largest absolute Gasteiger partial charge is 0.356 e. The summed E-state index contributed by atoms with van der Waals surface area (Å²) in [6.45, 7) is 17.1. The zero-order valence-corrected chi connectivity index (χ0v) is 17.0. The molecule has 0 saturated carbocycles. The normalized spacial score (nSPS) is 16.8. The van der Waals surface area contributed by atoms with Crippen molar-refractivity contribution in [1.29, 1.82) is 0 Å². The SMILES string of the molecule is CC.CC.CCC1CC(=O)N(CCC(=O)NCCC(C)(C)C)C1=O. The van der Waals surface area contributed by atoms with Crippen molar-refractivity contribution in [3.8, 4) is 0 Å². The van der Waals surface area contributed by atoms with E-state index in [-0.39, 0.29) is 42.0 Å². The molecule has 1 saturated heterocycles. The summed E-state index contributed by atoms with van der Waals surface area (Å²) in [4.78, 5) is 36.5. The average Bonchev–Trinajstić information content (AvgIpc) is 2.82. The van der Waals surface area contributed by atoms with E-state index in [0.29, 0.717) is 19.4 Å². The maximum atomic E-state index is 11.9. The topological polar surface area (TPSA) is 66.5 Å². The lowest BCUT2D eigenvalue weighted by atomic mass is 9.92. The Morgan fingerprint density at radius 1 is 1.17 bits per heavy atom. The molecule has 1 aliphatic heterocycles. The minimum Gasteiger partial charge on any atom is -0.356 e. The maximum Gasteiger partial charge on any atom is 0.232 e. The fourth-order valence-corrected chi connectivity index (χ4v) is 2.18. The molecule has 5 heteroatoms. The summed E-state index contributed by atoms with van der Waals surface area (Å²) in [6.07, 6.45) is 2.07. The summed E-state index contributed by atoms with van der Waals surface area (Å²) in [7, 11) is 0. The van der Waals surface area contributed by atoms with E-state index in [9.17, 15) is 14.4 Å². The molecule has 0 spiro atoms. The number of carbonyl (C=O) groups is 3. The van der Waals surface area contributed by atoms with Gasteiger partial charge in [-0.1, -0.05) is 55.4 Å². The van der Waals surface area contributed by atoms with E-state index < -0.39 is 0 Å². The summed E-state index contributed by atoms with van der Waals surface area (Å²) in [6, 6.07) is 0. The number of hydrogen-bond donors (Lipinski definition) is 1. The van der Waals surface area contributed by atoms with Crippen molar-refractivity contribution in [3.05, 3.63) is 0 Å². The molecule has 1 fully saturated rings. The predicted molar refractivity (Wildman–Crippen MR) is 99.5 cm³/mol. The molecule has 1 aliphatic rings. The number of imide groups is 1. The molecule has 0 aromatic heterocycles. The highest BCUT2D eigenvalue weighted by molar-refractivity contribution is 6.03. The molecule has 0 aliphatic carbocycles. The van der Waals surface area contributed by atoms with E-state index in [4.69, 9.17) is 0 Å². The van der Waals surface area contributed by atoms with Crippen molar-refractivity contribution in [2.45, 2.75) is 81.1 Å². The Labute approximate surface area is 148 Å². The second-order valence-electron chi connectivity index (χ2n) is 6.60. The molecule has 1 N–H and O–H groups in total. The smallest absolute Gasteiger partial charge is 0.232 e. The van der Waals surface area contributed by atoms with Crippen molar-refractivity contribution in [1.82, 2.24) is 10.2 Å². The maximum absolute atomic E-state index is 11.9. The van der Waals surface area contributed by atoms with Gasteiger partial charge in [0, 0.05) is 31.8 Å². The highest BCUT2D eigenvalue weighted by Crippen LogP contribution is 2.22. The van der Waals surface area contributed by atoms with Crippen LogP contribution in [0.3, 0.4) is 0 Å². The van der Waals surface area contributed by atoms with Gasteiger partial charge >= 0.3 is 0 Å². The van der Waals surface area contributed by atoms with Gasteiger partial charge in [-0.25, -0.2) is 0 Å². The number of nitrogens with one attached hydrogen (secondary N) is 1. The van der Waals surface area contributed by atoms with Crippen molar-refractivity contribution < 1.29 is 14.4 Å². The van der Waals surface area contributed by atoms with Gasteiger partial charge in [-0.2, -0.15) is 0 Å². The number of amides is 3. The predicted octanol–water partition coefficient (Wildman–Crippen LogP) is 3.77. The molecule has 1 atom stereocenters. The van der Waals surface area contributed by atoms with Crippen LogP contribution < -0.4 is 5.32 Å². The van der Waals surface area contributed by atoms with Crippen LogP contribution in [0.2, 0.25) is 0 Å². The summed E-state index contributed by atoms with van der Waals surface area (Å²) < 4.78 is 0. The van der Waals surface area contributed by atoms with Gasteiger partial charge in [-0.15, -0.1) is 0 Å². The summed E-state index contributed by atoms with van der Waals surface area (Å²) >= 11 is 0. The monoisotopic (exact) mass is 342 g/mol. The lowest BCUT2D eigenvalue weighted by molar-refractivity contribution is -0.139. The Hall–Kier alpha value is -1.39. The Bertz CT molecular complexity index is 387. The van der Waals surface area contributed by atoms with E-state index in [1.807, 2.05) is 34.6 Å². The van der Waals surface area contributed by atoms with E-state index in [2.05, 4.69) is 26.1 Å². The fourth-order valence-electron chi connectivity index (χ4n) is 2.18. The average molecular weight is 343 g/mol. The van der Waals surface area contributed by atoms with Crippen LogP contribution in [0.5, 0.6) is 0 Å². The van der Waals surface area contributed by atoms with Gasteiger partial charge in [-0.05, 0) is 18.3 Å².